The number of benzene rings is 2. The van der Waals surface area contributed by atoms with Crippen molar-refractivity contribution in [3.05, 3.63) is 53.6 Å². The highest BCUT2D eigenvalue weighted by Crippen LogP contribution is 2.31. The zero-order valence-corrected chi connectivity index (χ0v) is 54.3. The molecule has 10 atom stereocenters. The van der Waals surface area contributed by atoms with E-state index in [0.717, 1.165) is 33.9 Å². The number of aliphatic hydroxyl groups is 3. The SMILES string of the molecule is CC.CC.CCC.CCC(C)C1NC(=O)CNC(=O)CNC(=O)C([C@@H](C)C(O)CO)NC(=O)C2C[C@@H](O)CN2C(=O)C(CC(=O)NCc2ccc(NC(=O)C(C)NC)cc2)NC(=O)[C@H](CSc2[nH]c3cc(O)ccc3c2C)NC(=O)CNC1=O.CNCC=O. The van der Waals surface area contributed by atoms with Gasteiger partial charge in [-0.1, -0.05) is 87.3 Å². The number of likely N-dealkylation sites (N-methyl/N-ethyl adjacent to an activating group) is 2. The Morgan fingerprint density at radius 1 is 0.775 bits per heavy atom. The summed E-state index contributed by atoms with van der Waals surface area (Å²) >= 11 is 1.09. The fraction of sp³-hybridized carbons (Fsp3) is 0.583. The van der Waals surface area contributed by atoms with Gasteiger partial charge in [0, 0.05) is 48.3 Å². The number of aliphatic hydroxyl groups excluding tert-OH is 3. The van der Waals surface area contributed by atoms with Gasteiger partial charge in [0.15, 0.2) is 0 Å². The fourth-order valence-electron chi connectivity index (χ4n) is 8.44. The van der Waals surface area contributed by atoms with Gasteiger partial charge in [0.25, 0.3) is 0 Å². The van der Waals surface area contributed by atoms with Gasteiger partial charge in [-0.2, -0.15) is 0 Å². The van der Waals surface area contributed by atoms with Crippen LogP contribution in [0.1, 0.15) is 106 Å². The van der Waals surface area contributed by atoms with Crippen molar-refractivity contribution in [2.24, 2.45) is 11.8 Å². The van der Waals surface area contributed by atoms with E-state index in [9.17, 15) is 73.2 Å². The molecule has 2 fully saturated rings. The Labute approximate surface area is 525 Å². The second-order valence-electron chi connectivity index (χ2n) is 20.5. The van der Waals surface area contributed by atoms with Crippen LogP contribution in [0.15, 0.2) is 47.5 Å². The number of aromatic nitrogens is 1. The molecule has 0 aliphatic carbocycles. The monoisotopic (exact) mass is 1270 g/mol. The first-order valence-corrected chi connectivity index (χ1v) is 31.0. The highest BCUT2D eigenvalue weighted by atomic mass is 32.2. The molecule has 0 spiro atoms. The molecule has 28 nitrogen and oxygen atoms in total. The summed E-state index contributed by atoms with van der Waals surface area (Å²) in [6.07, 6.45) is -1.64. The van der Waals surface area contributed by atoms with Gasteiger partial charge >= 0.3 is 0 Å². The van der Waals surface area contributed by atoms with Gasteiger partial charge in [0.2, 0.25) is 59.1 Å². The molecule has 0 radical (unpaired) electrons. The number of phenols is 1. The zero-order valence-electron chi connectivity index (χ0n) is 53.5. The first-order valence-electron chi connectivity index (χ1n) is 30.0. The van der Waals surface area contributed by atoms with Crippen LogP contribution < -0.4 is 58.5 Å². The molecule has 16 N–H and O–H groups in total. The number of phenolic OH excluding ortho intramolecular Hbond substituents is 1. The van der Waals surface area contributed by atoms with Crippen LogP contribution >= 0.6 is 11.8 Å². The summed E-state index contributed by atoms with van der Waals surface area (Å²) < 4.78 is 0. The number of amides is 10. The number of aromatic amines is 1. The molecule has 2 aliphatic rings. The lowest BCUT2D eigenvalue weighted by molar-refractivity contribution is -0.144. The highest BCUT2D eigenvalue weighted by Gasteiger charge is 2.44. The summed E-state index contributed by atoms with van der Waals surface area (Å²) in [5.74, 6) is -10.4. The van der Waals surface area contributed by atoms with Crippen molar-refractivity contribution in [1.82, 2.24) is 63.1 Å². The van der Waals surface area contributed by atoms with Gasteiger partial charge in [-0.05, 0) is 69.3 Å². The van der Waals surface area contributed by atoms with E-state index in [-0.39, 0.29) is 24.0 Å². The molecular weight excluding hydrogens is 1170 g/mol. The molecule has 5 rings (SSSR count). The molecule has 0 bridgehead atoms. The number of nitrogens with one attached hydrogen (secondary N) is 12. The van der Waals surface area contributed by atoms with E-state index < -0.39 is 159 Å². The minimum absolute atomic E-state index is 0.0124. The van der Waals surface area contributed by atoms with Gasteiger partial charge in [-0.3, -0.25) is 47.9 Å². The average molecular weight is 1270 g/mol. The van der Waals surface area contributed by atoms with E-state index in [1.54, 1.807) is 72.1 Å². The Hall–Kier alpha value is -7.70. The maximum atomic E-state index is 14.8. The van der Waals surface area contributed by atoms with Crippen molar-refractivity contribution >= 4 is 93.7 Å². The molecule has 29 heteroatoms. The smallest absolute Gasteiger partial charge is 0.246 e. The van der Waals surface area contributed by atoms with Crippen molar-refractivity contribution in [2.75, 3.05) is 64.5 Å². The van der Waals surface area contributed by atoms with Crippen LogP contribution in [0.2, 0.25) is 0 Å². The van der Waals surface area contributed by atoms with E-state index in [2.05, 4.69) is 77.3 Å². The van der Waals surface area contributed by atoms with Gasteiger partial charge in [-0.15, -0.1) is 11.8 Å². The van der Waals surface area contributed by atoms with Crippen molar-refractivity contribution < 1.29 is 73.2 Å². The Balaban J connectivity index is 0.00000305. The van der Waals surface area contributed by atoms with E-state index in [1.807, 2.05) is 27.7 Å². The molecule has 2 aliphatic heterocycles. The summed E-state index contributed by atoms with van der Waals surface area (Å²) in [5, 5.41) is 71.0. The summed E-state index contributed by atoms with van der Waals surface area (Å²) in [7, 11) is 3.37. The molecule has 0 saturated carbocycles. The third kappa shape index (κ3) is 26.5. The highest BCUT2D eigenvalue weighted by molar-refractivity contribution is 7.99. The van der Waals surface area contributed by atoms with E-state index in [1.165, 1.54) is 25.5 Å². The van der Waals surface area contributed by atoms with Crippen LogP contribution in [0.4, 0.5) is 5.69 Å². The van der Waals surface area contributed by atoms with E-state index in [4.69, 9.17) is 0 Å². The third-order valence-corrected chi connectivity index (χ3v) is 14.9. The summed E-state index contributed by atoms with van der Waals surface area (Å²) in [6, 6.07) is 2.97. The zero-order chi connectivity index (χ0) is 67.5. The number of carbonyl (C=O) groups excluding carboxylic acids is 11. The Bertz CT molecular complexity index is 2770. The van der Waals surface area contributed by atoms with Gasteiger partial charge in [0.05, 0.1) is 68.0 Å². The number of hydrogen-bond acceptors (Lipinski definition) is 18. The number of anilines is 1. The van der Waals surface area contributed by atoms with Crippen molar-refractivity contribution in [2.45, 2.75) is 162 Å². The van der Waals surface area contributed by atoms with Gasteiger partial charge in [-0.25, -0.2) is 0 Å². The molecule has 89 heavy (non-hydrogen) atoms. The number of aryl methyl sites for hydroxylation is 1. The first-order chi connectivity index (χ1) is 42.4. The fourth-order valence-corrected chi connectivity index (χ4v) is 9.52. The largest absolute Gasteiger partial charge is 0.508 e. The van der Waals surface area contributed by atoms with Crippen LogP contribution in [0.25, 0.3) is 10.9 Å². The van der Waals surface area contributed by atoms with Crippen molar-refractivity contribution in [1.29, 1.82) is 0 Å². The number of aromatic hydroxyl groups is 1. The second kappa shape index (κ2) is 42.3. The average Bonchev–Trinajstić information content (AvgIpc) is 1.98. The normalized spacial score (nSPS) is 20.9. The van der Waals surface area contributed by atoms with Crippen molar-refractivity contribution in [3.63, 3.8) is 0 Å². The maximum absolute atomic E-state index is 14.8. The van der Waals surface area contributed by atoms with Gasteiger partial charge < -0.3 is 93.6 Å². The van der Waals surface area contributed by atoms with Gasteiger partial charge in [0.1, 0.15) is 42.2 Å². The van der Waals surface area contributed by atoms with E-state index in [0.29, 0.717) is 34.8 Å². The number of thioether (sulfide) groups is 1. The first kappa shape index (κ1) is 79.3. The molecule has 3 heterocycles. The Morgan fingerprint density at radius 2 is 1.37 bits per heavy atom. The number of fused-ring (bicyclic) bond motifs is 2. The number of aldehydes is 1. The van der Waals surface area contributed by atoms with Crippen LogP contribution in [0, 0.1) is 18.8 Å². The van der Waals surface area contributed by atoms with Crippen molar-refractivity contribution in [3.8, 4) is 5.75 Å². The quantitative estimate of drug-likeness (QED) is 0.0609. The molecule has 498 valence electrons. The maximum Gasteiger partial charge on any atom is 0.246 e. The lowest BCUT2D eigenvalue weighted by Crippen LogP contribution is -2.61. The number of rotatable bonds is 17. The molecule has 7 unspecified atom stereocenters. The number of nitrogens with zero attached hydrogens (tertiary/aromatic N) is 1. The summed E-state index contributed by atoms with van der Waals surface area (Å²) in [5.41, 5.74) is 2.36. The predicted molar refractivity (Wildman–Crippen MR) is 339 cm³/mol. The van der Waals surface area contributed by atoms with Crippen LogP contribution in [-0.4, -0.2) is 203 Å². The Kier molecular flexibility index (Phi) is 37.7. The molecule has 10 amide bonds. The number of carbonyl (C=O) groups is 11. The van der Waals surface area contributed by atoms with Crippen LogP contribution in [-0.2, 0) is 59.3 Å². The lowest BCUT2D eigenvalue weighted by Gasteiger charge is -2.32. The number of hydrogen-bond donors (Lipinski definition) is 16. The summed E-state index contributed by atoms with van der Waals surface area (Å²) in [4.78, 5) is 150. The lowest BCUT2D eigenvalue weighted by atomic mass is 9.94. The molecule has 2 saturated heterocycles. The molecular formula is C60H97N13O15S. The molecule has 3 aromatic rings. The topological polar surface area (TPSA) is 420 Å². The minimum atomic E-state index is -1.80. The van der Waals surface area contributed by atoms with Crippen LogP contribution in [0.5, 0.6) is 5.75 Å². The number of H-pyrrole nitrogens is 1. The van der Waals surface area contributed by atoms with Crippen LogP contribution in [0.3, 0.4) is 0 Å². The Morgan fingerprint density at radius 3 is 1.94 bits per heavy atom. The summed E-state index contributed by atoms with van der Waals surface area (Å²) in [6.45, 7) is 17.4. The molecule has 1 aromatic heterocycles. The molecule has 2 aromatic carbocycles. The minimum Gasteiger partial charge on any atom is -0.508 e. The second-order valence-corrected chi connectivity index (χ2v) is 21.6. The third-order valence-electron chi connectivity index (χ3n) is 13.7. The standard InChI is InChI=1S/C50H70N12O14S.C3H7NO.C3H8.2C2H6/c1-7-24(2)42-47(74)55-20-40(69)57-35(23-77-49-25(3)32-13-12-30(64)14-33(32)59-49)45(72)58-34(16-38(67)52-17-28-8-10-29(11-9-28)56-44(71)27(5)51-6)50(76)62-21-31(65)15-36(62)46(73)61-43(26(4)37(66)22-63)48(75)54-18-39(68)53-19-41(70)60-42;1-4-2-3-5;1-3-2;2*1-2/h8-14,24,26-27,31,34-37,42-43,51,59,63-66H,7,15-23H2,1-6H3,(H,52,67)(H,53,68)(H,54,75)(H,55,74)(H,56,71)(H,57,69)(H,58,72)(H,60,70)(H,61,73);3-4H,2H2,1H3;3H2,1-2H3;2*1-2H3/t24?,26-,27?,31+,34?,35-,36?,37?,42?,43?;;;;/m0..../s1. The predicted octanol–water partition coefficient (Wildman–Crippen LogP) is -0.301. The van der Waals surface area contributed by atoms with E-state index >= 15 is 0 Å².